The van der Waals surface area contributed by atoms with E-state index in [4.69, 9.17) is 0 Å². The van der Waals surface area contributed by atoms with Crippen LogP contribution in [0.2, 0.25) is 0 Å². The van der Waals surface area contributed by atoms with E-state index >= 15 is 0 Å². The minimum absolute atomic E-state index is 0.164. The van der Waals surface area contributed by atoms with Gasteiger partial charge in [0.1, 0.15) is 6.33 Å². The van der Waals surface area contributed by atoms with E-state index in [9.17, 15) is 9.59 Å². The van der Waals surface area contributed by atoms with Crippen LogP contribution in [0.5, 0.6) is 0 Å². The summed E-state index contributed by atoms with van der Waals surface area (Å²) in [6.45, 7) is 1.41. The normalized spacial score (nSPS) is 13.7. The van der Waals surface area contributed by atoms with E-state index in [1.54, 1.807) is 18.5 Å². The van der Waals surface area contributed by atoms with Crippen molar-refractivity contribution in [1.82, 2.24) is 19.7 Å². The molecule has 1 saturated heterocycles. The first kappa shape index (κ1) is 19.2. The molecule has 0 atom stereocenters. The van der Waals surface area contributed by atoms with Crippen molar-refractivity contribution in [3.63, 3.8) is 0 Å². The van der Waals surface area contributed by atoms with Crippen molar-refractivity contribution in [1.29, 1.82) is 0 Å². The first-order valence-electron chi connectivity index (χ1n) is 9.38. The topological polar surface area (TPSA) is 80.1 Å². The van der Waals surface area contributed by atoms with E-state index in [0.29, 0.717) is 18.5 Å². The quantitative estimate of drug-likeness (QED) is 0.678. The van der Waals surface area contributed by atoms with E-state index in [1.807, 2.05) is 52.9 Å². The molecular weight excluding hydrogens is 386 g/mol. The summed E-state index contributed by atoms with van der Waals surface area (Å²) in [5.41, 5.74) is 2.34. The van der Waals surface area contributed by atoms with Gasteiger partial charge in [0, 0.05) is 42.7 Å². The van der Waals surface area contributed by atoms with Gasteiger partial charge in [0.25, 0.3) is 5.91 Å². The molecule has 1 aliphatic heterocycles. The molecule has 0 aliphatic carbocycles. The fraction of sp³-hybridized carbons (Fsp3) is 0.238. The maximum Gasteiger partial charge on any atom is 0.255 e. The van der Waals surface area contributed by atoms with Gasteiger partial charge in [0.15, 0.2) is 5.16 Å². The number of aromatic nitrogens is 3. The minimum atomic E-state index is -0.164. The molecule has 0 radical (unpaired) electrons. The Morgan fingerprint density at radius 2 is 1.90 bits per heavy atom. The lowest BCUT2D eigenvalue weighted by molar-refractivity contribution is -0.128. The highest BCUT2D eigenvalue weighted by molar-refractivity contribution is 7.99. The lowest BCUT2D eigenvalue weighted by Crippen LogP contribution is -2.23. The summed E-state index contributed by atoms with van der Waals surface area (Å²) in [6.07, 6.45) is 3.22. The molecule has 0 unspecified atom stereocenters. The number of carbonyl (C=O) groups is 2. The monoisotopic (exact) mass is 407 g/mol. The zero-order valence-corrected chi connectivity index (χ0v) is 16.9. The molecule has 148 valence electrons. The van der Waals surface area contributed by atoms with E-state index in [0.717, 1.165) is 34.3 Å². The molecule has 1 N–H and O–H groups in total. The van der Waals surface area contributed by atoms with Crippen LogP contribution in [0.3, 0.4) is 0 Å². The second-order valence-electron chi connectivity index (χ2n) is 6.92. The van der Waals surface area contributed by atoms with E-state index in [2.05, 4.69) is 15.5 Å². The Kier molecular flexibility index (Phi) is 5.62. The fourth-order valence-corrected chi connectivity index (χ4v) is 3.90. The van der Waals surface area contributed by atoms with Gasteiger partial charge in [0.05, 0.1) is 0 Å². The van der Waals surface area contributed by atoms with Crippen molar-refractivity contribution in [3.05, 3.63) is 66.0 Å². The Morgan fingerprint density at radius 1 is 1.14 bits per heavy atom. The molecule has 3 aromatic rings. The van der Waals surface area contributed by atoms with Gasteiger partial charge in [-0.05, 0) is 60.1 Å². The third-order valence-corrected chi connectivity index (χ3v) is 5.81. The van der Waals surface area contributed by atoms with Crippen molar-refractivity contribution in [3.8, 4) is 0 Å². The maximum atomic E-state index is 12.5. The molecule has 8 heteroatoms. The smallest absolute Gasteiger partial charge is 0.255 e. The number of amides is 2. The molecule has 0 spiro atoms. The molecule has 2 amide bonds. The summed E-state index contributed by atoms with van der Waals surface area (Å²) >= 11 is 1.51. The average Bonchev–Trinajstić information content (AvgIpc) is 3.32. The van der Waals surface area contributed by atoms with Crippen molar-refractivity contribution >= 4 is 29.3 Å². The summed E-state index contributed by atoms with van der Waals surface area (Å²) in [5, 5.41) is 11.6. The first-order chi connectivity index (χ1) is 14.1. The number of rotatable bonds is 6. The average molecular weight is 407 g/mol. The Bertz CT molecular complexity index is 1010. The summed E-state index contributed by atoms with van der Waals surface area (Å²) in [5.74, 6) is 0.0371. The standard InChI is InChI=1S/C21H21N5O2S/c1-25-14-22-24-21(25)29-18-10-8-17(9-11-18)23-20(28)16-6-4-15(5-7-16)13-26-12-2-3-19(26)27/h4-11,14H,2-3,12-13H2,1H3,(H,23,28). The lowest BCUT2D eigenvalue weighted by atomic mass is 10.1. The van der Waals surface area contributed by atoms with Crippen molar-refractivity contribution in [2.24, 2.45) is 7.05 Å². The van der Waals surface area contributed by atoms with Crippen molar-refractivity contribution < 1.29 is 9.59 Å². The van der Waals surface area contributed by atoms with E-state index in [-0.39, 0.29) is 11.8 Å². The largest absolute Gasteiger partial charge is 0.338 e. The summed E-state index contributed by atoms with van der Waals surface area (Å²) in [6, 6.07) is 15.0. The number of nitrogens with one attached hydrogen (secondary N) is 1. The number of hydrogen-bond acceptors (Lipinski definition) is 5. The highest BCUT2D eigenvalue weighted by atomic mass is 32.2. The maximum absolute atomic E-state index is 12.5. The Balaban J connectivity index is 1.35. The van der Waals surface area contributed by atoms with Crippen LogP contribution in [0.25, 0.3) is 0 Å². The number of hydrogen-bond donors (Lipinski definition) is 1. The number of carbonyl (C=O) groups excluding carboxylic acids is 2. The van der Waals surface area contributed by atoms with Crippen LogP contribution in [0.1, 0.15) is 28.8 Å². The van der Waals surface area contributed by atoms with Gasteiger partial charge < -0.3 is 14.8 Å². The SMILES string of the molecule is Cn1cnnc1Sc1ccc(NC(=O)c2ccc(CN3CCCC3=O)cc2)cc1. The molecular formula is C21H21N5O2S. The van der Waals surface area contributed by atoms with Crippen LogP contribution in [0, 0.1) is 0 Å². The molecule has 0 saturated carbocycles. The molecule has 1 aromatic heterocycles. The van der Waals surface area contributed by atoms with Gasteiger partial charge in [-0.25, -0.2) is 0 Å². The number of anilines is 1. The molecule has 1 aliphatic rings. The molecule has 2 aromatic carbocycles. The number of nitrogens with zero attached hydrogens (tertiary/aromatic N) is 4. The van der Waals surface area contributed by atoms with Crippen LogP contribution in [-0.2, 0) is 18.4 Å². The predicted octanol–water partition coefficient (Wildman–Crippen LogP) is 3.34. The molecule has 2 heterocycles. The highest BCUT2D eigenvalue weighted by Crippen LogP contribution is 2.26. The minimum Gasteiger partial charge on any atom is -0.338 e. The Labute approximate surface area is 173 Å². The van der Waals surface area contributed by atoms with Crippen LogP contribution >= 0.6 is 11.8 Å². The van der Waals surface area contributed by atoms with E-state index < -0.39 is 0 Å². The summed E-state index contributed by atoms with van der Waals surface area (Å²) in [4.78, 5) is 27.1. The zero-order chi connectivity index (χ0) is 20.2. The van der Waals surface area contributed by atoms with Crippen LogP contribution in [0.15, 0.2) is 64.9 Å². The van der Waals surface area contributed by atoms with Gasteiger partial charge in [-0.1, -0.05) is 12.1 Å². The third kappa shape index (κ3) is 4.65. The highest BCUT2D eigenvalue weighted by Gasteiger charge is 2.20. The molecule has 4 rings (SSSR count). The third-order valence-electron chi connectivity index (χ3n) is 4.75. The number of likely N-dealkylation sites (tertiary alicyclic amines) is 1. The first-order valence-corrected chi connectivity index (χ1v) is 10.2. The number of benzene rings is 2. The van der Waals surface area contributed by atoms with Crippen LogP contribution in [0.4, 0.5) is 5.69 Å². The van der Waals surface area contributed by atoms with Gasteiger partial charge in [-0.3, -0.25) is 9.59 Å². The Morgan fingerprint density at radius 3 is 2.52 bits per heavy atom. The fourth-order valence-electron chi connectivity index (χ4n) is 3.13. The van der Waals surface area contributed by atoms with Crippen LogP contribution < -0.4 is 5.32 Å². The van der Waals surface area contributed by atoms with Crippen LogP contribution in [-0.4, -0.2) is 38.0 Å². The summed E-state index contributed by atoms with van der Waals surface area (Å²) in [7, 11) is 1.89. The van der Waals surface area contributed by atoms with Crippen molar-refractivity contribution in [2.75, 3.05) is 11.9 Å². The second kappa shape index (κ2) is 8.48. The summed E-state index contributed by atoms with van der Waals surface area (Å²) < 4.78 is 1.85. The predicted molar refractivity (Wildman–Crippen MR) is 111 cm³/mol. The second-order valence-corrected chi connectivity index (χ2v) is 7.96. The van der Waals surface area contributed by atoms with Gasteiger partial charge in [0.2, 0.25) is 5.91 Å². The lowest BCUT2D eigenvalue weighted by Gasteiger charge is -2.15. The van der Waals surface area contributed by atoms with Crippen molar-refractivity contribution in [2.45, 2.75) is 29.4 Å². The Hall–Kier alpha value is -3.13. The molecule has 29 heavy (non-hydrogen) atoms. The number of aryl methyl sites for hydroxylation is 1. The van der Waals surface area contributed by atoms with E-state index in [1.165, 1.54) is 11.8 Å². The molecule has 7 nitrogen and oxygen atoms in total. The molecule has 1 fully saturated rings. The van der Waals surface area contributed by atoms with Gasteiger partial charge in [-0.2, -0.15) is 0 Å². The zero-order valence-electron chi connectivity index (χ0n) is 16.0. The molecule has 0 bridgehead atoms. The van der Waals surface area contributed by atoms with Gasteiger partial charge in [-0.15, -0.1) is 10.2 Å². The van der Waals surface area contributed by atoms with Gasteiger partial charge >= 0.3 is 0 Å².